The van der Waals surface area contributed by atoms with Crippen molar-refractivity contribution in [3.8, 4) is 5.75 Å². The number of hydrogen-bond donors (Lipinski definition) is 1. The second kappa shape index (κ2) is 10.5. The molecule has 1 N–H and O–H groups in total. The van der Waals surface area contributed by atoms with E-state index in [0.717, 1.165) is 12.8 Å². The van der Waals surface area contributed by atoms with Crippen LogP contribution in [0.25, 0.3) is 0 Å². The molecule has 0 atom stereocenters. The smallest absolute Gasteiger partial charge is 0.268 e. The van der Waals surface area contributed by atoms with Crippen molar-refractivity contribution in [1.82, 2.24) is 5.32 Å². The van der Waals surface area contributed by atoms with Crippen LogP contribution in [0.2, 0.25) is 0 Å². The Hall–Kier alpha value is -3.19. The van der Waals surface area contributed by atoms with Gasteiger partial charge in [0.2, 0.25) is 0 Å². The van der Waals surface area contributed by atoms with E-state index in [1.54, 1.807) is 49.5 Å². The number of unbranched alkanes of at least 4 members (excludes halogenated alkanes) is 1. The number of halogens is 1. The van der Waals surface area contributed by atoms with Gasteiger partial charge in [-0.05, 0) is 60.7 Å². The maximum atomic E-state index is 12.9. The summed E-state index contributed by atoms with van der Waals surface area (Å²) < 4.78 is 18.4. The van der Waals surface area contributed by atoms with Crippen molar-refractivity contribution in [3.05, 3.63) is 82.3 Å². The summed E-state index contributed by atoms with van der Waals surface area (Å²) in [7, 11) is 1.67. The Labute approximate surface area is 179 Å². The highest BCUT2D eigenvalue weighted by Crippen LogP contribution is 2.22. The first-order chi connectivity index (χ1) is 14.6. The van der Waals surface area contributed by atoms with E-state index in [4.69, 9.17) is 4.74 Å². The van der Waals surface area contributed by atoms with E-state index >= 15 is 0 Å². The molecule has 30 heavy (non-hydrogen) atoms. The normalized spacial score (nSPS) is 10.5. The maximum Gasteiger partial charge on any atom is 0.268 e. The van der Waals surface area contributed by atoms with Gasteiger partial charge in [-0.15, -0.1) is 11.3 Å². The SMILES string of the molecule is CN(C(=O)c1cccs1)c1ccccc1C(=O)NCCCCOc1ccc(F)cc1. The fraction of sp³-hybridized carbons (Fsp3) is 0.217. The molecular weight excluding hydrogens is 403 g/mol. The highest BCUT2D eigenvalue weighted by molar-refractivity contribution is 7.12. The van der Waals surface area contributed by atoms with Gasteiger partial charge in [0.05, 0.1) is 22.7 Å². The van der Waals surface area contributed by atoms with Crippen molar-refractivity contribution >= 4 is 28.8 Å². The molecule has 1 heterocycles. The first kappa shape index (κ1) is 21.5. The van der Waals surface area contributed by atoms with E-state index in [0.29, 0.717) is 35.0 Å². The van der Waals surface area contributed by atoms with E-state index in [9.17, 15) is 14.0 Å². The zero-order valence-corrected chi connectivity index (χ0v) is 17.5. The molecule has 3 aromatic rings. The number of carbonyl (C=O) groups is 2. The number of ether oxygens (including phenoxy) is 1. The zero-order chi connectivity index (χ0) is 21.3. The Kier molecular flexibility index (Phi) is 7.57. The van der Waals surface area contributed by atoms with Crippen molar-refractivity contribution in [2.24, 2.45) is 0 Å². The first-order valence-electron chi connectivity index (χ1n) is 9.63. The van der Waals surface area contributed by atoms with Crippen LogP contribution in [-0.2, 0) is 0 Å². The highest BCUT2D eigenvalue weighted by atomic mass is 32.1. The molecule has 1 aromatic heterocycles. The number of hydrogen-bond acceptors (Lipinski definition) is 4. The molecule has 0 unspecified atom stereocenters. The summed E-state index contributed by atoms with van der Waals surface area (Å²) >= 11 is 1.37. The number of thiophene rings is 1. The van der Waals surface area contributed by atoms with Gasteiger partial charge in [-0.25, -0.2) is 4.39 Å². The molecule has 156 valence electrons. The molecule has 2 aromatic carbocycles. The number of benzene rings is 2. The lowest BCUT2D eigenvalue weighted by Crippen LogP contribution is -2.30. The molecule has 0 saturated heterocycles. The summed E-state index contributed by atoms with van der Waals surface area (Å²) in [5.41, 5.74) is 1.01. The Morgan fingerprint density at radius 2 is 1.80 bits per heavy atom. The molecule has 5 nitrogen and oxygen atoms in total. The number of rotatable bonds is 9. The monoisotopic (exact) mass is 426 g/mol. The average Bonchev–Trinajstić information content (AvgIpc) is 3.31. The Morgan fingerprint density at radius 3 is 2.53 bits per heavy atom. The molecule has 7 heteroatoms. The van der Waals surface area contributed by atoms with Crippen molar-refractivity contribution in [2.75, 3.05) is 25.1 Å². The van der Waals surface area contributed by atoms with Gasteiger partial charge in [-0.3, -0.25) is 9.59 Å². The standard InChI is InChI=1S/C23H23FN2O3S/c1-26(23(28)21-9-6-16-30-21)20-8-3-2-7-19(20)22(27)25-14-4-5-15-29-18-12-10-17(24)11-13-18/h2-3,6-13,16H,4-5,14-15H2,1H3,(H,25,27). The van der Waals surface area contributed by atoms with E-state index in [-0.39, 0.29) is 17.6 Å². The molecule has 3 rings (SSSR count). The zero-order valence-electron chi connectivity index (χ0n) is 16.6. The molecule has 0 saturated carbocycles. The van der Waals surface area contributed by atoms with Crippen molar-refractivity contribution in [1.29, 1.82) is 0 Å². The fourth-order valence-electron chi connectivity index (χ4n) is 2.88. The summed E-state index contributed by atoms with van der Waals surface area (Å²) in [6, 6.07) is 16.5. The second-order valence-electron chi connectivity index (χ2n) is 6.62. The third-order valence-electron chi connectivity index (χ3n) is 4.49. The lowest BCUT2D eigenvalue weighted by Gasteiger charge is -2.20. The average molecular weight is 427 g/mol. The number of amides is 2. The highest BCUT2D eigenvalue weighted by Gasteiger charge is 2.19. The second-order valence-corrected chi connectivity index (χ2v) is 7.57. The Bertz CT molecular complexity index is 974. The predicted octanol–water partition coefficient (Wildman–Crippen LogP) is 4.75. The Morgan fingerprint density at radius 1 is 1.03 bits per heavy atom. The van der Waals surface area contributed by atoms with Gasteiger partial charge in [0, 0.05) is 13.6 Å². The van der Waals surface area contributed by atoms with Crippen molar-refractivity contribution in [2.45, 2.75) is 12.8 Å². The molecule has 0 aliphatic heterocycles. The quantitative estimate of drug-likeness (QED) is 0.502. The van der Waals surface area contributed by atoms with Gasteiger partial charge in [-0.2, -0.15) is 0 Å². The third kappa shape index (κ3) is 5.67. The van der Waals surface area contributed by atoms with E-state index < -0.39 is 0 Å². The van der Waals surface area contributed by atoms with Crippen LogP contribution in [0.1, 0.15) is 32.9 Å². The number of carbonyl (C=O) groups excluding carboxylic acids is 2. The molecular formula is C23H23FN2O3S. The van der Waals surface area contributed by atoms with Crippen molar-refractivity contribution < 1.29 is 18.7 Å². The van der Waals surface area contributed by atoms with Crippen LogP contribution in [0.15, 0.2) is 66.0 Å². The minimum absolute atomic E-state index is 0.150. The number of anilines is 1. The van der Waals surface area contributed by atoms with Gasteiger partial charge in [0.25, 0.3) is 11.8 Å². The minimum atomic E-state index is -0.298. The molecule has 0 radical (unpaired) electrons. The van der Waals surface area contributed by atoms with Crippen LogP contribution in [0, 0.1) is 5.82 Å². The van der Waals surface area contributed by atoms with Gasteiger partial charge in [0.15, 0.2) is 0 Å². The predicted molar refractivity (Wildman–Crippen MR) is 117 cm³/mol. The van der Waals surface area contributed by atoms with Gasteiger partial charge < -0.3 is 15.0 Å². The molecule has 0 aliphatic rings. The Balaban J connectivity index is 1.48. The van der Waals surface area contributed by atoms with Crippen LogP contribution in [0.5, 0.6) is 5.75 Å². The fourth-order valence-corrected chi connectivity index (χ4v) is 3.58. The summed E-state index contributed by atoms with van der Waals surface area (Å²) in [4.78, 5) is 27.4. The van der Waals surface area contributed by atoms with E-state index in [2.05, 4.69) is 5.32 Å². The molecule has 0 spiro atoms. The van der Waals surface area contributed by atoms with Crippen LogP contribution in [0.4, 0.5) is 10.1 Å². The van der Waals surface area contributed by atoms with Gasteiger partial charge in [-0.1, -0.05) is 18.2 Å². The summed E-state index contributed by atoms with van der Waals surface area (Å²) in [6.45, 7) is 0.971. The van der Waals surface area contributed by atoms with Crippen LogP contribution in [-0.4, -0.2) is 32.0 Å². The van der Waals surface area contributed by atoms with E-state index in [1.165, 1.54) is 28.4 Å². The number of nitrogens with zero attached hydrogens (tertiary/aromatic N) is 1. The minimum Gasteiger partial charge on any atom is -0.494 e. The first-order valence-corrected chi connectivity index (χ1v) is 10.5. The van der Waals surface area contributed by atoms with Gasteiger partial charge >= 0.3 is 0 Å². The number of para-hydroxylation sites is 1. The molecule has 0 bridgehead atoms. The lowest BCUT2D eigenvalue weighted by molar-refractivity contribution is 0.0953. The largest absolute Gasteiger partial charge is 0.494 e. The van der Waals surface area contributed by atoms with Crippen LogP contribution >= 0.6 is 11.3 Å². The van der Waals surface area contributed by atoms with E-state index in [1.807, 2.05) is 11.4 Å². The maximum absolute atomic E-state index is 12.9. The van der Waals surface area contributed by atoms with Gasteiger partial charge in [0.1, 0.15) is 11.6 Å². The summed E-state index contributed by atoms with van der Waals surface area (Å²) in [6.07, 6.45) is 1.48. The topological polar surface area (TPSA) is 58.6 Å². The lowest BCUT2D eigenvalue weighted by atomic mass is 10.1. The summed E-state index contributed by atoms with van der Waals surface area (Å²) in [5, 5.41) is 4.74. The number of nitrogens with one attached hydrogen (secondary N) is 1. The molecule has 0 aliphatic carbocycles. The molecule has 2 amide bonds. The van der Waals surface area contributed by atoms with Crippen LogP contribution in [0.3, 0.4) is 0 Å². The summed E-state index contributed by atoms with van der Waals surface area (Å²) in [5.74, 6) is -0.0556. The van der Waals surface area contributed by atoms with Crippen molar-refractivity contribution in [3.63, 3.8) is 0 Å². The third-order valence-corrected chi connectivity index (χ3v) is 5.34. The molecule has 0 fully saturated rings. The van der Waals surface area contributed by atoms with Crippen LogP contribution < -0.4 is 15.0 Å².